The summed E-state index contributed by atoms with van der Waals surface area (Å²) in [6, 6.07) is 0.325. The Balaban J connectivity index is 2.45. The van der Waals surface area contributed by atoms with Crippen LogP contribution in [0.2, 0.25) is 0 Å². The molecule has 1 fully saturated rings. The summed E-state index contributed by atoms with van der Waals surface area (Å²) < 4.78 is 1.63. The van der Waals surface area contributed by atoms with Crippen LogP contribution in [0, 0.1) is 10.1 Å². The Hall–Kier alpha value is -1.63. The van der Waals surface area contributed by atoms with Gasteiger partial charge >= 0.3 is 5.69 Å². The third kappa shape index (κ3) is 3.02. The van der Waals surface area contributed by atoms with Gasteiger partial charge in [0, 0.05) is 32.2 Å². The van der Waals surface area contributed by atoms with Crippen molar-refractivity contribution >= 4 is 11.5 Å². The fourth-order valence-corrected chi connectivity index (χ4v) is 2.81. The number of anilines is 1. The maximum Gasteiger partial charge on any atom is 0.334 e. The Bertz CT molecular complexity index is 509. The molecule has 0 aliphatic heterocycles. The van der Waals surface area contributed by atoms with E-state index in [1.54, 1.807) is 11.7 Å². The van der Waals surface area contributed by atoms with Crippen molar-refractivity contribution < 1.29 is 10.0 Å². The average molecular weight is 296 g/mol. The van der Waals surface area contributed by atoms with E-state index in [0.717, 1.165) is 19.3 Å². The highest BCUT2D eigenvalue weighted by molar-refractivity contribution is 5.63. The molecule has 0 atom stereocenters. The molecule has 0 aromatic carbocycles. The van der Waals surface area contributed by atoms with Gasteiger partial charge in [0.2, 0.25) is 5.82 Å². The molecule has 0 bridgehead atoms. The van der Waals surface area contributed by atoms with Crippen LogP contribution in [0.15, 0.2) is 0 Å². The molecule has 1 aromatic rings. The van der Waals surface area contributed by atoms with Crippen molar-refractivity contribution in [2.45, 2.75) is 51.5 Å². The van der Waals surface area contributed by atoms with Crippen LogP contribution in [0.4, 0.5) is 11.5 Å². The number of hydrogen-bond acceptors (Lipinski definition) is 5. The van der Waals surface area contributed by atoms with E-state index < -0.39 is 0 Å². The van der Waals surface area contributed by atoms with Gasteiger partial charge in [-0.05, 0) is 25.7 Å². The van der Waals surface area contributed by atoms with Gasteiger partial charge in [-0.1, -0.05) is 13.8 Å². The normalized spacial score (nSPS) is 15.3. The van der Waals surface area contributed by atoms with Crippen molar-refractivity contribution in [3.8, 4) is 0 Å². The molecule has 0 spiro atoms. The zero-order valence-electron chi connectivity index (χ0n) is 12.9. The molecule has 1 N–H and O–H groups in total. The minimum Gasteiger partial charge on any atom is -0.396 e. The van der Waals surface area contributed by atoms with E-state index in [-0.39, 0.29) is 23.1 Å². The first kappa shape index (κ1) is 15.8. The highest BCUT2D eigenvalue weighted by atomic mass is 16.6. The smallest absolute Gasteiger partial charge is 0.334 e. The summed E-state index contributed by atoms with van der Waals surface area (Å²) >= 11 is 0. The number of aliphatic hydroxyl groups is 1. The van der Waals surface area contributed by atoms with Crippen LogP contribution in [0.3, 0.4) is 0 Å². The number of aryl methyl sites for hydroxylation is 1. The first-order valence-electron chi connectivity index (χ1n) is 7.56. The molecule has 118 valence electrons. The van der Waals surface area contributed by atoms with Crippen LogP contribution >= 0.6 is 0 Å². The van der Waals surface area contributed by atoms with Gasteiger partial charge in [-0.3, -0.25) is 10.1 Å². The lowest BCUT2D eigenvalue weighted by molar-refractivity contribution is -0.385. The Morgan fingerprint density at radius 3 is 2.62 bits per heavy atom. The summed E-state index contributed by atoms with van der Waals surface area (Å²) in [5.41, 5.74) is 0.656. The summed E-state index contributed by atoms with van der Waals surface area (Å²) in [7, 11) is 1.76. The molecule has 0 unspecified atom stereocenters. The molecule has 0 saturated heterocycles. The third-order valence-electron chi connectivity index (χ3n) is 4.09. The summed E-state index contributed by atoms with van der Waals surface area (Å²) in [5, 5.41) is 25.0. The predicted molar refractivity (Wildman–Crippen MR) is 80.6 cm³/mol. The van der Waals surface area contributed by atoms with Crippen LogP contribution < -0.4 is 4.90 Å². The second-order valence-electron chi connectivity index (χ2n) is 5.95. The predicted octanol–water partition coefficient (Wildman–Crippen LogP) is 2.19. The molecule has 7 heteroatoms. The van der Waals surface area contributed by atoms with E-state index in [0.29, 0.717) is 30.5 Å². The summed E-state index contributed by atoms with van der Waals surface area (Å²) in [6.07, 6.45) is 3.86. The lowest BCUT2D eigenvalue weighted by Crippen LogP contribution is -2.42. The van der Waals surface area contributed by atoms with Crippen molar-refractivity contribution in [3.05, 3.63) is 15.8 Å². The minimum atomic E-state index is -0.317. The largest absolute Gasteiger partial charge is 0.396 e. The SMILES string of the molecule is CC(C)c1nn(C)c(N(CCCO)C2CCC2)c1[N+](=O)[O-]. The fraction of sp³-hybridized carbons (Fsp3) is 0.786. The molecular weight excluding hydrogens is 272 g/mol. The van der Waals surface area contributed by atoms with Gasteiger partial charge in [0.1, 0.15) is 5.69 Å². The number of rotatable bonds is 7. The summed E-state index contributed by atoms with van der Waals surface area (Å²) in [6.45, 7) is 4.55. The Morgan fingerprint density at radius 1 is 1.52 bits per heavy atom. The van der Waals surface area contributed by atoms with Crippen molar-refractivity contribution in [2.24, 2.45) is 7.05 Å². The lowest BCUT2D eigenvalue weighted by atomic mass is 9.91. The maximum absolute atomic E-state index is 11.5. The molecule has 1 aliphatic rings. The second-order valence-corrected chi connectivity index (χ2v) is 5.95. The average Bonchev–Trinajstić information content (AvgIpc) is 2.70. The van der Waals surface area contributed by atoms with Crippen LogP contribution in [0.25, 0.3) is 0 Å². The highest BCUT2D eigenvalue weighted by Crippen LogP contribution is 2.39. The molecule has 2 rings (SSSR count). The molecular formula is C14H24N4O3. The molecule has 1 aliphatic carbocycles. The zero-order valence-corrected chi connectivity index (χ0v) is 12.9. The van der Waals surface area contributed by atoms with E-state index in [1.807, 2.05) is 13.8 Å². The second kappa shape index (κ2) is 6.43. The molecule has 1 heterocycles. The van der Waals surface area contributed by atoms with Gasteiger partial charge in [-0.15, -0.1) is 0 Å². The van der Waals surface area contributed by atoms with Gasteiger partial charge in [0.05, 0.1) is 4.92 Å². The van der Waals surface area contributed by atoms with Gasteiger partial charge in [-0.25, -0.2) is 4.68 Å². The van der Waals surface area contributed by atoms with Crippen molar-refractivity contribution in [1.29, 1.82) is 0 Å². The standard InChI is InChI=1S/C14H24N4O3/c1-10(2)12-13(18(20)21)14(16(3)15-12)17(8-5-9-19)11-6-4-7-11/h10-11,19H,4-9H2,1-3H3. The van der Waals surface area contributed by atoms with Crippen molar-refractivity contribution in [2.75, 3.05) is 18.1 Å². The van der Waals surface area contributed by atoms with Crippen LogP contribution in [-0.4, -0.2) is 39.0 Å². The van der Waals surface area contributed by atoms with E-state index in [1.165, 1.54) is 0 Å². The number of aliphatic hydroxyl groups excluding tert-OH is 1. The fourth-order valence-electron chi connectivity index (χ4n) is 2.81. The van der Waals surface area contributed by atoms with E-state index in [4.69, 9.17) is 5.11 Å². The van der Waals surface area contributed by atoms with Gasteiger partial charge < -0.3 is 10.0 Å². The van der Waals surface area contributed by atoms with E-state index in [9.17, 15) is 10.1 Å². The van der Waals surface area contributed by atoms with E-state index >= 15 is 0 Å². The van der Waals surface area contributed by atoms with Gasteiger partial charge in [-0.2, -0.15) is 5.10 Å². The van der Waals surface area contributed by atoms with Crippen LogP contribution in [0.1, 0.15) is 51.1 Å². The Kier molecular flexibility index (Phi) is 4.82. The molecule has 21 heavy (non-hydrogen) atoms. The molecule has 1 aromatic heterocycles. The van der Waals surface area contributed by atoms with Crippen molar-refractivity contribution in [1.82, 2.24) is 9.78 Å². The maximum atomic E-state index is 11.5. The summed E-state index contributed by atoms with van der Waals surface area (Å²) in [5.74, 6) is 0.591. The molecule has 1 saturated carbocycles. The lowest BCUT2D eigenvalue weighted by Gasteiger charge is -2.38. The minimum absolute atomic E-state index is 0.00596. The molecule has 0 amide bonds. The first-order valence-corrected chi connectivity index (χ1v) is 7.56. The molecule has 0 radical (unpaired) electrons. The number of nitrogens with zero attached hydrogens (tertiary/aromatic N) is 4. The zero-order chi connectivity index (χ0) is 15.6. The summed E-state index contributed by atoms with van der Waals surface area (Å²) in [4.78, 5) is 13.3. The monoisotopic (exact) mass is 296 g/mol. The molecule has 7 nitrogen and oxygen atoms in total. The van der Waals surface area contributed by atoms with Gasteiger partial charge in [0.15, 0.2) is 0 Å². The highest BCUT2D eigenvalue weighted by Gasteiger charge is 2.36. The quantitative estimate of drug-likeness (QED) is 0.616. The van der Waals surface area contributed by atoms with Crippen LogP contribution in [0.5, 0.6) is 0 Å². The number of nitro groups is 1. The van der Waals surface area contributed by atoms with Gasteiger partial charge in [0.25, 0.3) is 0 Å². The number of aromatic nitrogens is 2. The first-order chi connectivity index (χ1) is 9.97. The topological polar surface area (TPSA) is 84.4 Å². The third-order valence-corrected chi connectivity index (χ3v) is 4.09. The van der Waals surface area contributed by atoms with Crippen LogP contribution in [-0.2, 0) is 7.05 Å². The number of hydrogen-bond donors (Lipinski definition) is 1. The Morgan fingerprint density at radius 2 is 2.19 bits per heavy atom. The van der Waals surface area contributed by atoms with Crippen molar-refractivity contribution in [3.63, 3.8) is 0 Å². The Labute approximate surface area is 124 Å². The van der Waals surface area contributed by atoms with E-state index in [2.05, 4.69) is 10.00 Å².